The molecule has 2 N–H and O–H groups in total. The number of hydrogen-bond donors (Lipinski definition) is 2. The Morgan fingerprint density at radius 1 is 1.09 bits per heavy atom. The maximum absolute atomic E-state index is 15.8. The van der Waals surface area contributed by atoms with E-state index in [9.17, 15) is 14.4 Å². The second kappa shape index (κ2) is 15.7. The van der Waals surface area contributed by atoms with E-state index in [4.69, 9.17) is 9.47 Å². The summed E-state index contributed by atoms with van der Waals surface area (Å²) in [5.41, 5.74) is 4.05. The Bertz CT molecular complexity index is 1640. The van der Waals surface area contributed by atoms with Crippen molar-refractivity contribution in [3.05, 3.63) is 80.5 Å². The minimum atomic E-state index is -0.483. The molecule has 2 aromatic carbocycles. The number of carbonyl (C=O) groups excluding carboxylic acids is 2. The summed E-state index contributed by atoms with van der Waals surface area (Å²) in [6.45, 7) is 12.5. The van der Waals surface area contributed by atoms with Gasteiger partial charge in [-0.05, 0) is 94.0 Å². The highest BCUT2D eigenvalue weighted by Gasteiger charge is 2.29. The van der Waals surface area contributed by atoms with Gasteiger partial charge in [-0.3, -0.25) is 19.3 Å². The molecule has 0 spiro atoms. The minimum absolute atomic E-state index is 0.0275. The number of ether oxygens (including phenoxy) is 2. The molecule has 1 saturated heterocycles. The summed E-state index contributed by atoms with van der Waals surface area (Å²) < 4.78 is 27.0. The van der Waals surface area contributed by atoms with Gasteiger partial charge in [0.15, 0.2) is 0 Å². The van der Waals surface area contributed by atoms with Crippen LogP contribution in [0.5, 0.6) is 5.75 Å². The van der Waals surface area contributed by atoms with Gasteiger partial charge in [-0.25, -0.2) is 4.39 Å². The van der Waals surface area contributed by atoms with Gasteiger partial charge in [-0.2, -0.15) is 0 Å². The largest absolute Gasteiger partial charge is 0.493 e. The molecule has 0 bridgehead atoms. The Balaban J connectivity index is 1.42. The lowest BCUT2D eigenvalue weighted by molar-refractivity contribution is -0.122. The van der Waals surface area contributed by atoms with Gasteiger partial charge in [0.2, 0.25) is 5.91 Å². The number of aryl methyl sites for hydroxylation is 2. The van der Waals surface area contributed by atoms with E-state index >= 15 is 4.39 Å². The lowest BCUT2D eigenvalue weighted by Crippen LogP contribution is -2.37. The SMILES string of the molecule is CCN(C(=O)C1CCCC1)c1cc(-c2ccc(OCCCN3CCOCC3)cc2F)cc(C(=O)NCc2c(C)cc(C)[nH]c2=O)c1C. The number of carbonyl (C=O) groups is 2. The smallest absolute Gasteiger partial charge is 0.253 e. The number of halogens is 1. The number of H-pyrrole nitrogens is 1. The number of nitrogens with zero attached hydrogens (tertiary/aromatic N) is 2. The zero-order chi connectivity index (χ0) is 33.5. The Hall–Kier alpha value is -4.02. The van der Waals surface area contributed by atoms with Gasteiger partial charge >= 0.3 is 0 Å². The zero-order valence-electron chi connectivity index (χ0n) is 28.0. The first-order valence-corrected chi connectivity index (χ1v) is 16.8. The molecule has 1 aliphatic carbocycles. The van der Waals surface area contributed by atoms with E-state index in [2.05, 4.69) is 15.2 Å². The fourth-order valence-electron chi connectivity index (χ4n) is 6.70. The summed E-state index contributed by atoms with van der Waals surface area (Å²) in [5, 5.41) is 2.89. The van der Waals surface area contributed by atoms with Gasteiger partial charge in [-0.15, -0.1) is 0 Å². The van der Waals surface area contributed by atoms with Crippen molar-refractivity contribution in [3.63, 3.8) is 0 Å². The van der Waals surface area contributed by atoms with Crippen LogP contribution in [0.15, 0.2) is 41.2 Å². The molecule has 0 unspecified atom stereocenters. The molecule has 1 aliphatic heterocycles. The average molecular weight is 647 g/mol. The second-order valence-corrected chi connectivity index (χ2v) is 12.7. The number of nitrogens with one attached hydrogen (secondary N) is 2. The van der Waals surface area contributed by atoms with Crippen LogP contribution in [0.25, 0.3) is 11.1 Å². The molecule has 2 heterocycles. The Morgan fingerprint density at radius 2 is 1.83 bits per heavy atom. The van der Waals surface area contributed by atoms with E-state index in [-0.39, 0.29) is 23.9 Å². The minimum Gasteiger partial charge on any atom is -0.493 e. The van der Waals surface area contributed by atoms with Crippen LogP contribution in [0.3, 0.4) is 0 Å². The van der Waals surface area contributed by atoms with Gasteiger partial charge in [0.25, 0.3) is 11.5 Å². The van der Waals surface area contributed by atoms with Crippen molar-refractivity contribution in [3.8, 4) is 16.9 Å². The molecule has 47 heavy (non-hydrogen) atoms. The Kier molecular flexibility index (Phi) is 11.5. The van der Waals surface area contributed by atoms with Crippen LogP contribution in [0.4, 0.5) is 10.1 Å². The van der Waals surface area contributed by atoms with E-state index in [0.717, 1.165) is 76.2 Å². The molecule has 3 aromatic rings. The Labute approximate surface area is 276 Å². The highest BCUT2D eigenvalue weighted by molar-refractivity contribution is 6.02. The molecule has 2 amide bonds. The summed E-state index contributed by atoms with van der Waals surface area (Å²) in [5.74, 6) is -0.495. The molecular weight excluding hydrogens is 599 g/mol. The van der Waals surface area contributed by atoms with Crippen LogP contribution in [-0.4, -0.2) is 67.7 Å². The van der Waals surface area contributed by atoms with E-state index < -0.39 is 11.7 Å². The van der Waals surface area contributed by atoms with Gasteiger partial charge in [0.05, 0.1) is 19.8 Å². The zero-order valence-corrected chi connectivity index (χ0v) is 28.0. The lowest BCUT2D eigenvalue weighted by Gasteiger charge is -2.28. The summed E-state index contributed by atoms with van der Waals surface area (Å²) in [6, 6.07) is 10.1. The predicted octanol–water partition coefficient (Wildman–Crippen LogP) is 5.68. The maximum Gasteiger partial charge on any atom is 0.253 e. The number of rotatable bonds is 12. The van der Waals surface area contributed by atoms with Gasteiger partial charge in [0.1, 0.15) is 11.6 Å². The predicted molar refractivity (Wildman–Crippen MR) is 182 cm³/mol. The third kappa shape index (κ3) is 8.29. The number of benzene rings is 2. The van der Waals surface area contributed by atoms with Crippen molar-refractivity contribution in [1.82, 2.24) is 15.2 Å². The normalized spacial score (nSPS) is 15.5. The van der Waals surface area contributed by atoms with Crippen molar-refractivity contribution in [2.75, 3.05) is 50.9 Å². The van der Waals surface area contributed by atoms with Crippen LogP contribution in [0, 0.1) is 32.5 Å². The number of aromatic amines is 1. The quantitative estimate of drug-likeness (QED) is 0.246. The summed E-state index contributed by atoms with van der Waals surface area (Å²) in [7, 11) is 0. The van der Waals surface area contributed by atoms with Gasteiger partial charge in [-0.1, -0.05) is 12.8 Å². The van der Waals surface area contributed by atoms with Crippen LogP contribution in [0.1, 0.15) is 71.8 Å². The highest BCUT2D eigenvalue weighted by atomic mass is 19.1. The van der Waals surface area contributed by atoms with Crippen molar-refractivity contribution >= 4 is 17.5 Å². The van der Waals surface area contributed by atoms with E-state index in [1.54, 1.807) is 29.2 Å². The molecular formula is C37H47FN4O5. The Morgan fingerprint density at radius 3 is 2.51 bits per heavy atom. The van der Waals surface area contributed by atoms with E-state index in [1.165, 1.54) is 6.07 Å². The van der Waals surface area contributed by atoms with Crippen molar-refractivity contribution in [1.29, 1.82) is 0 Å². The first kappa shape index (κ1) is 34.3. The molecule has 10 heteroatoms. The third-order valence-electron chi connectivity index (χ3n) is 9.36. The first-order valence-electron chi connectivity index (χ1n) is 16.8. The number of morpholine rings is 1. The number of anilines is 1. The summed E-state index contributed by atoms with van der Waals surface area (Å²) >= 11 is 0. The molecule has 252 valence electrons. The maximum atomic E-state index is 15.8. The fraction of sp³-hybridized carbons (Fsp3) is 0.486. The molecule has 2 fully saturated rings. The number of pyridine rings is 1. The molecule has 5 rings (SSSR count). The monoisotopic (exact) mass is 646 g/mol. The lowest BCUT2D eigenvalue weighted by atomic mass is 9.95. The third-order valence-corrected chi connectivity index (χ3v) is 9.36. The van der Waals surface area contributed by atoms with Gasteiger partial charge < -0.3 is 24.7 Å². The molecule has 1 aromatic heterocycles. The van der Waals surface area contributed by atoms with Crippen LogP contribution in [0.2, 0.25) is 0 Å². The highest BCUT2D eigenvalue weighted by Crippen LogP contribution is 2.36. The van der Waals surface area contributed by atoms with Crippen LogP contribution < -0.4 is 20.5 Å². The fourth-order valence-corrected chi connectivity index (χ4v) is 6.70. The standard InChI is InChI=1S/C37H47FN4O5/c1-5-42(37(45)27-9-6-7-10-27)34-21-28(20-31(26(34)4)35(43)39-23-32-24(2)19-25(3)40-36(32)44)30-12-11-29(22-33(30)38)47-16-8-13-41-14-17-46-18-15-41/h11-12,19-22,27H,5-10,13-18,23H2,1-4H3,(H,39,43)(H,40,44). The van der Waals surface area contributed by atoms with E-state index in [1.807, 2.05) is 33.8 Å². The van der Waals surface area contributed by atoms with Crippen molar-refractivity contribution in [2.24, 2.45) is 5.92 Å². The first-order chi connectivity index (χ1) is 22.7. The number of aromatic nitrogens is 1. The number of amides is 2. The summed E-state index contributed by atoms with van der Waals surface area (Å²) in [4.78, 5) is 46.9. The van der Waals surface area contributed by atoms with Crippen molar-refractivity contribution in [2.45, 2.75) is 66.3 Å². The van der Waals surface area contributed by atoms with Crippen molar-refractivity contribution < 1.29 is 23.5 Å². The average Bonchev–Trinajstić information content (AvgIpc) is 3.60. The van der Waals surface area contributed by atoms with Crippen LogP contribution >= 0.6 is 0 Å². The molecule has 9 nitrogen and oxygen atoms in total. The molecule has 1 saturated carbocycles. The second-order valence-electron chi connectivity index (χ2n) is 12.7. The molecule has 0 atom stereocenters. The van der Waals surface area contributed by atoms with Crippen LogP contribution in [-0.2, 0) is 16.1 Å². The van der Waals surface area contributed by atoms with E-state index in [0.29, 0.717) is 52.4 Å². The molecule has 0 radical (unpaired) electrons. The van der Waals surface area contributed by atoms with Gasteiger partial charge in [0, 0.05) is 72.8 Å². The molecule has 2 aliphatic rings. The topological polar surface area (TPSA) is 104 Å². The summed E-state index contributed by atoms with van der Waals surface area (Å²) in [6.07, 6.45) is 4.54. The number of hydrogen-bond acceptors (Lipinski definition) is 6.